The van der Waals surface area contributed by atoms with Crippen molar-refractivity contribution < 1.29 is 22.8 Å². The number of hydrogen-bond acceptors (Lipinski definition) is 8. The molecule has 0 bridgehead atoms. The molecule has 0 spiro atoms. The second-order valence-corrected chi connectivity index (χ2v) is 21.3. The van der Waals surface area contributed by atoms with E-state index in [2.05, 4.69) is 85.3 Å². The topological polar surface area (TPSA) is 69.9 Å². The highest BCUT2D eigenvalue weighted by atomic mass is 35.5. The molecule has 2 aromatic heterocycles. The number of likely N-dealkylation sites (tertiary alicyclic amines) is 1. The summed E-state index contributed by atoms with van der Waals surface area (Å²) in [5.41, 5.74) is 9.33. The van der Waals surface area contributed by atoms with Crippen LogP contribution in [0.15, 0.2) is 103 Å². The summed E-state index contributed by atoms with van der Waals surface area (Å²) < 4.78 is 45.1. The minimum Gasteiger partial charge on any atom is -0.370 e. The van der Waals surface area contributed by atoms with E-state index in [0.717, 1.165) is 129 Å². The molecule has 12 nitrogen and oxygen atoms in total. The Kier molecular flexibility index (Phi) is 13.9. The Labute approximate surface area is 435 Å². The number of carbonyl (C=O) groups is 2. The molecule has 0 radical (unpaired) electrons. The molecule has 2 unspecified atom stereocenters. The van der Waals surface area contributed by atoms with Gasteiger partial charge in [-0.25, -0.2) is 13.2 Å². The number of rotatable bonds is 11. The molecule has 4 aromatic carbocycles. The summed E-state index contributed by atoms with van der Waals surface area (Å²) >= 11 is 13.4. The number of nitrogens with zero attached hydrogens (tertiary/aromatic N) is 10. The van der Waals surface area contributed by atoms with Crippen LogP contribution >= 0.6 is 23.2 Å². The number of hydrogen-bond donors (Lipinski definition) is 0. The molecule has 5 saturated heterocycles. The minimum atomic E-state index is -1.48. The van der Waals surface area contributed by atoms with Crippen molar-refractivity contribution in [2.75, 3.05) is 124 Å². The number of anilines is 4. The second kappa shape index (κ2) is 20.6. The summed E-state index contributed by atoms with van der Waals surface area (Å²) in [6.45, 7) is 13.4. The monoisotopic (exact) mass is 1030 g/mol. The molecule has 5 aliphatic heterocycles. The molecule has 382 valence electrons. The number of benzene rings is 4. The van der Waals surface area contributed by atoms with Gasteiger partial charge < -0.3 is 38.5 Å². The summed E-state index contributed by atoms with van der Waals surface area (Å²) in [6, 6.07) is 29.1. The Balaban J connectivity index is 0.635. The van der Waals surface area contributed by atoms with Gasteiger partial charge in [0.1, 0.15) is 11.4 Å². The molecule has 11 rings (SSSR count). The molecular formula is C56H61Cl2F3N10O2. The van der Waals surface area contributed by atoms with Crippen molar-refractivity contribution in [3.8, 4) is 11.1 Å². The van der Waals surface area contributed by atoms with Crippen molar-refractivity contribution in [2.24, 2.45) is 25.9 Å². The van der Waals surface area contributed by atoms with E-state index in [4.69, 9.17) is 23.2 Å². The molecule has 0 N–H and O–H groups in total. The van der Waals surface area contributed by atoms with Crippen molar-refractivity contribution in [3.63, 3.8) is 0 Å². The van der Waals surface area contributed by atoms with E-state index >= 15 is 0 Å². The lowest BCUT2D eigenvalue weighted by Gasteiger charge is -2.36. The second-order valence-electron chi connectivity index (χ2n) is 20.5. The van der Waals surface area contributed by atoms with Crippen LogP contribution in [0.2, 0.25) is 10.0 Å². The average Bonchev–Trinajstić information content (AvgIpc) is 4.18. The maximum Gasteiger partial charge on any atom is 0.270 e. The van der Waals surface area contributed by atoms with Gasteiger partial charge in [0.2, 0.25) is 0 Å². The molecule has 5 fully saturated rings. The number of fused-ring (bicyclic) bond motifs is 1. The number of amides is 2. The summed E-state index contributed by atoms with van der Waals surface area (Å²) in [5, 5.41) is 1.54. The first-order chi connectivity index (χ1) is 35.3. The molecule has 17 heteroatoms. The third-order valence-corrected chi connectivity index (χ3v) is 16.5. The van der Waals surface area contributed by atoms with Crippen LogP contribution in [0.5, 0.6) is 0 Å². The van der Waals surface area contributed by atoms with Crippen molar-refractivity contribution >= 4 is 57.8 Å². The molecule has 2 amide bonds. The third kappa shape index (κ3) is 10.3. The molecule has 5 aliphatic rings. The normalized spacial score (nSPS) is 19.9. The fourth-order valence-corrected chi connectivity index (χ4v) is 12.3. The molecule has 0 saturated carbocycles. The van der Waals surface area contributed by atoms with Gasteiger partial charge in [0.25, 0.3) is 11.8 Å². The predicted octanol–water partition coefficient (Wildman–Crippen LogP) is 8.57. The van der Waals surface area contributed by atoms with E-state index in [1.165, 1.54) is 5.56 Å². The Morgan fingerprint density at radius 2 is 0.986 bits per heavy atom. The van der Waals surface area contributed by atoms with Crippen molar-refractivity contribution in [2.45, 2.75) is 13.1 Å². The van der Waals surface area contributed by atoms with Crippen LogP contribution in [-0.4, -0.2) is 145 Å². The number of para-hydroxylation sites is 1. The van der Waals surface area contributed by atoms with Gasteiger partial charge in [-0.1, -0.05) is 53.5 Å². The largest absolute Gasteiger partial charge is 0.370 e. The van der Waals surface area contributed by atoms with Crippen molar-refractivity contribution in [1.29, 1.82) is 0 Å². The average molecular weight is 1030 g/mol. The van der Waals surface area contributed by atoms with Crippen LogP contribution in [0.4, 0.5) is 35.9 Å². The van der Waals surface area contributed by atoms with Crippen LogP contribution in [0, 0.1) is 29.3 Å². The van der Waals surface area contributed by atoms with E-state index in [1.54, 1.807) is 9.80 Å². The number of carbonyl (C=O) groups excluding carboxylic acids is 2. The lowest BCUT2D eigenvalue weighted by atomic mass is 10.0. The van der Waals surface area contributed by atoms with Crippen molar-refractivity contribution in [1.82, 2.24) is 28.7 Å². The van der Waals surface area contributed by atoms with Crippen LogP contribution < -0.4 is 19.6 Å². The summed E-state index contributed by atoms with van der Waals surface area (Å²) in [6.07, 6.45) is 4.13. The summed E-state index contributed by atoms with van der Waals surface area (Å²) in [4.78, 5) is 45.1. The Hall–Kier alpha value is -6.13. The van der Waals surface area contributed by atoms with Crippen LogP contribution in [0.3, 0.4) is 0 Å². The summed E-state index contributed by atoms with van der Waals surface area (Å²) in [5.74, 6) is -2.69. The first kappa shape index (κ1) is 49.1. The molecular weight excluding hydrogens is 973 g/mol. The summed E-state index contributed by atoms with van der Waals surface area (Å²) in [7, 11) is 3.86. The highest BCUT2D eigenvalue weighted by molar-refractivity contribution is 6.33. The quantitative estimate of drug-likeness (QED) is 0.120. The van der Waals surface area contributed by atoms with Gasteiger partial charge in [-0.3, -0.25) is 19.4 Å². The first-order valence-corrected chi connectivity index (χ1v) is 26.2. The van der Waals surface area contributed by atoms with E-state index < -0.39 is 17.5 Å². The molecule has 2 atom stereocenters. The first-order valence-electron chi connectivity index (χ1n) is 25.4. The zero-order chi connectivity index (χ0) is 50.5. The number of aromatic nitrogens is 2. The Morgan fingerprint density at radius 3 is 1.55 bits per heavy atom. The maximum atomic E-state index is 13.9. The zero-order valence-electron chi connectivity index (χ0n) is 41.4. The molecule has 6 aromatic rings. The lowest BCUT2D eigenvalue weighted by molar-refractivity contribution is 0.0729. The van der Waals surface area contributed by atoms with Gasteiger partial charge >= 0.3 is 0 Å². The number of aryl methyl sites for hydroxylation is 2. The fraction of sp³-hybridized carbons (Fsp3) is 0.393. The highest BCUT2D eigenvalue weighted by Crippen LogP contribution is 2.38. The number of piperazine rings is 3. The Bertz CT molecular complexity index is 2960. The highest BCUT2D eigenvalue weighted by Gasteiger charge is 2.40. The third-order valence-electron chi connectivity index (χ3n) is 15.8. The fourth-order valence-electron chi connectivity index (χ4n) is 11.8. The predicted molar refractivity (Wildman–Crippen MR) is 284 cm³/mol. The molecule has 73 heavy (non-hydrogen) atoms. The van der Waals surface area contributed by atoms with Crippen LogP contribution in [0.25, 0.3) is 11.1 Å². The molecule has 0 aliphatic carbocycles. The molecule has 7 heterocycles. The van der Waals surface area contributed by atoms with E-state index in [9.17, 15) is 22.8 Å². The van der Waals surface area contributed by atoms with Crippen LogP contribution in [0.1, 0.15) is 32.1 Å². The Morgan fingerprint density at radius 1 is 0.493 bits per heavy atom. The van der Waals surface area contributed by atoms with Gasteiger partial charge in [0.15, 0.2) is 17.5 Å². The van der Waals surface area contributed by atoms with Gasteiger partial charge in [-0.2, -0.15) is 0 Å². The van der Waals surface area contributed by atoms with E-state index in [0.29, 0.717) is 68.4 Å². The van der Waals surface area contributed by atoms with E-state index in [1.807, 2.05) is 58.6 Å². The smallest absolute Gasteiger partial charge is 0.270 e. The zero-order valence-corrected chi connectivity index (χ0v) is 42.9. The standard InChI is InChI=1S/C56H61Cl2F3N10O2/c1-62-30-38(25-52(62)55(72)70-23-19-67(20-24-70)45-28-48(59)54(61)49(60)29-45)32-64-13-15-68(16-14-64)51-27-41(9-12-47(51)58)40-7-10-44(11-8-40)66-17-21-69(22-18-66)56(73)53-26-39(31-63(53)2)33-65-34-42-36-71(37-43(42)35-65)50-6-4-3-5-46(50)57/h3-12,25-31,42-43H,13-24,32-37H2,1-2H3. The lowest BCUT2D eigenvalue weighted by Crippen LogP contribution is -2.49. The van der Waals surface area contributed by atoms with Gasteiger partial charge in [0.05, 0.1) is 21.4 Å². The van der Waals surface area contributed by atoms with Gasteiger partial charge in [-0.05, 0) is 82.6 Å². The van der Waals surface area contributed by atoms with Gasteiger partial charge in [-0.15, -0.1) is 0 Å². The number of halogens is 5. The SMILES string of the molecule is Cn1cc(CN2CCN(c3cc(-c4ccc(N5CCN(C(=O)c6cc(CN7CC8CN(c9ccccc9Cl)CC8C7)cn6C)CC5)cc4)ccc3Cl)CC2)cc1C(=O)N1CCN(c2cc(F)c(F)c(F)c2)CC1. The van der Waals surface area contributed by atoms with Crippen LogP contribution in [-0.2, 0) is 27.2 Å². The maximum absolute atomic E-state index is 13.9. The minimum absolute atomic E-state index is 0.0905. The van der Waals surface area contributed by atoms with Gasteiger partial charge in [0, 0.05) is 168 Å². The van der Waals surface area contributed by atoms with Crippen molar-refractivity contribution in [3.05, 3.63) is 153 Å². The van der Waals surface area contributed by atoms with E-state index in [-0.39, 0.29) is 17.5 Å².